The maximum absolute atomic E-state index is 11.2. The normalized spacial score (nSPS) is 20.1. The maximum Gasteiger partial charge on any atom is 0.347 e. The highest BCUT2D eigenvalue weighted by Crippen LogP contribution is 2.32. The number of halogens is 1. The molecule has 1 aliphatic heterocycles. The van der Waals surface area contributed by atoms with E-state index in [1.54, 1.807) is 17.9 Å². The molecule has 0 aliphatic carbocycles. The van der Waals surface area contributed by atoms with Crippen LogP contribution in [-0.4, -0.2) is 67.0 Å². The molecule has 3 N–H and O–H groups in total. The van der Waals surface area contributed by atoms with Crippen molar-refractivity contribution in [3.8, 4) is 0 Å². The number of carboxylic acids is 2. The van der Waals surface area contributed by atoms with Gasteiger partial charge in [0.15, 0.2) is 17.0 Å². The highest BCUT2D eigenvalue weighted by Gasteiger charge is 2.44. The first-order chi connectivity index (χ1) is 12.8. The van der Waals surface area contributed by atoms with E-state index in [2.05, 4.69) is 20.3 Å². The molecule has 2 atom stereocenters. The molecule has 2 aromatic rings. The molecule has 3 heterocycles. The first kappa shape index (κ1) is 19.3. The summed E-state index contributed by atoms with van der Waals surface area (Å²) < 4.78 is 12.7. The van der Waals surface area contributed by atoms with E-state index < -0.39 is 29.9 Å². The number of nitrogens with one attached hydrogen (secondary N) is 1. The van der Waals surface area contributed by atoms with E-state index >= 15 is 0 Å². The van der Waals surface area contributed by atoms with Crippen LogP contribution in [0.1, 0.15) is 26.0 Å². The van der Waals surface area contributed by atoms with Crippen LogP contribution in [0.15, 0.2) is 6.33 Å². The predicted molar refractivity (Wildman–Crippen MR) is 92.7 cm³/mol. The quantitative estimate of drug-likeness (QED) is 0.457. The Kier molecular flexibility index (Phi) is 5.18. The Hall–Kier alpha value is -2.50. The van der Waals surface area contributed by atoms with Crippen molar-refractivity contribution in [1.29, 1.82) is 0 Å². The molecule has 3 rings (SSSR count). The lowest BCUT2D eigenvalue weighted by Gasteiger charge is -2.22. The lowest BCUT2D eigenvalue weighted by molar-refractivity contribution is -0.185. The van der Waals surface area contributed by atoms with Gasteiger partial charge in [0.1, 0.15) is 6.23 Å². The molecule has 0 bridgehead atoms. The molecule has 0 aromatic carbocycles. The van der Waals surface area contributed by atoms with Crippen molar-refractivity contribution < 1.29 is 29.3 Å². The van der Waals surface area contributed by atoms with Crippen molar-refractivity contribution in [3.63, 3.8) is 0 Å². The summed E-state index contributed by atoms with van der Waals surface area (Å²) in [5.74, 6) is -2.66. The maximum atomic E-state index is 11.2. The summed E-state index contributed by atoms with van der Waals surface area (Å²) in [7, 11) is 1.69. The van der Waals surface area contributed by atoms with Crippen LogP contribution in [0.5, 0.6) is 0 Å². The third kappa shape index (κ3) is 3.53. The zero-order valence-corrected chi connectivity index (χ0v) is 15.3. The number of rotatable bonds is 7. The van der Waals surface area contributed by atoms with Gasteiger partial charge in [-0.25, -0.2) is 14.6 Å². The largest absolute Gasteiger partial charge is 0.479 e. The minimum absolute atomic E-state index is 0.0603. The number of carboxylic acid groups (broad SMARTS) is 2. The van der Waals surface area contributed by atoms with Gasteiger partial charge in [0.2, 0.25) is 5.28 Å². The number of imidazole rings is 1. The van der Waals surface area contributed by atoms with E-state index in [1.807, 2.05) is 0 Å². The van der Waals surface area contributed by atoms with Gasteiger partial charge in [-0.05, 0) is 31.4 Å². The number of carbonyl (C=O) groups is 2. The highest BCUT2D eigenvalue weighted by molar-refractivity contribution is 6.28. The lowest BCUT2D eigenvalue weighted by Crippen LogP contribution is -2.47. The number of hydrogen-bond acceptors (Lipinski definition) is 8. The Morgan fingerprint density at radius 1 is 1.41 bits per heavy atom. The summed E-state index contributed by atoms with van der Waals surface area (Å²) in [6.45, 7) is 0.821. The van der Waals surface area contributed by atoms with Crippen LogP contribution in [0.2, 0.25) is 5.28 Å². The molecule has 0 saturated carbocycles. The van der Waals surface area contributed by atoms with Crippen LogP contribution in [0.25, 0.3) is 11.2 Å². The topological polar surface area (TPSA) is 149 Å². The van der Waals surface area contributed by atoms with E-state index in [4.69, 9.17) is 31.3 Å². The van der Waals surface area contributed by atoms with Gasteiger partial charge in [0.25, 0.3) is 5.60 Å². The lowest BCUT2D eigenvalue weighted by atomic mass is 10.1. The van der Waals surface area contributed by atoms with Gasteiger partial charge in [-0.3, -0.25) is 4.57 Å². The smallest absolute Gasteiger partial charge is 0.347 e. The van der Waals surface area contributed by atoms with Crippen molar-refractivity contribution in [1.82, 2.24) is 19.5 Å². The Labute approximate surface area is 158 Å². The second kappa shape index (κ2) is 7.25. The Morgan fingerprint density at radius 3 is 2.74 bits per heavy atom. The number of nitrogens with zero attached hydrogens (tertiary/aromatic N) is 4. The van der Waals surface area contributed by atoms with E-state index in [9.17, 15) is 9.59 Å². The molecule has 11 nitrogen and oxygen atoms in total. The first-order valence-corrected chi connectivity index (χ1v) is 8.48. The van der Waals surface area contributed by atoms with Crippen LogP contribution < -0.4 is 5.32 Å². The number of anilines is 1. The van der Waals surface area contributed by atoms with Gasteiger partial charge < -0.3 is 25.0 Å². The molecule has 0 spiro atoms. The van der Waals surface area contributed by atoms with Crippen molar-refractivity contribution in [2.45, 2.75) is 37.7 Å². The zero-order valence-electron chi connectivity index (χ0n) is 14.5. The highest BCUT2D eigenvalue weighted by atomic mass is 35.5. The van der Waals surface area contributed by atoms with E-state index in [0.717, 1.165) is 6.92 Å². The molecule has 0 amide bonds. The second-order valence-electron chi connectivity index (χ2n) is 6.16. The van der Waals surface area contributed by atoms with Gasteiger partial charge in [-0.15, -0.1) is 0 Å². The van der Waals surface area contributed by atoms with Crippen LogP contribution in [-0.2, 0) is 19.1 Å². The van der Waals surface area contributed by atoms with Crippen molar-refractivity contribution >= 4 is 40.5 Å². The number of fused-ring (bicyclic) bond motifs is 1. The van der Waals surface area contributed by atoms with E-state index in [1.165, 1.54) is 0 Å². The minimum atomic E-state index is -2.33. The van der Waals surface area contributed by atoms with E-state index in [-0.39, 0.29) is 11.9 Å². The first-order valence-electron chi connectivity index (χ1n) is 8.10. The SMILES string of the molecule is CNc1nc(Cl)nc2c1ncn2C1CCC(COC(C)(C(=O)O)C(=O)O)O1. The number of hydrogen-bond donors (Lipinski definition) is 3. The molecule has 2 aromatic heterocycles. The minimum Gasteiger partial charge on any atom is -0.479 e. The monoisotopic (exact) mass is 399 g/mol. The molecule has 2 unspecified atom stereocenters. The van der Waals surface area contributed by atoms with Crippen LogP contribution in [0.4, 0.5) is 5.82 Å². The van der Waals surface area contributed by atoms with Gasteiger partial charge in [-0.1, -0.05) is 0 Å². The standard InChI is InChI=1S/C15H18ClN5O6/c1-15(12(22)23,13(24)25)26-5-7-3-4-8(27-7)21-6-18-9-10(17-2)19-14(16)20-11(9)21/h6-8H,3-5H2,1-2H3,(H,22,23)(H,24,25)(H,17,19,20). The molecule has 1 fully saturated rings. The molecule has 27 heavy (non-hydrogen) atoms. The van der Waals surface area contributed by atoms with E-state index in [0.29, 0.717) is 29.8 Å². The Morgan fingerprint density at radius 2 is 2.11 bits per heavy atom. The van der Waals surface area contributed by atoms with Crippen LogP contribution >= 0.6 is 11.6 Å². The Balaban J connectivity index is 1.73. The summed E-state index contributed by atoms with van der Waals surface area (Å²) in [5, 5.41) is 21.1. The molecule has 1 saturated heterocycles. The van der Waals surface area contributed by atoms with Gasteiger partial charge in [0.05, 0.1) is 19.0 Å². The fraction of sp³-hybridized carbons (Fsp3) is 0.533. The van der Waals surface area contributed by atoms with Crippen LogP contribution in [0, 0.1) is 0 Å². The van der Waals surface area contributed by atoms with Gasteiger partial charge >= 0.3 is 11.9 Å². The average molecular weight is 400 g/mol. The number of aliphatic carboxylic acids is 2. The van der Waals surface area contributed by atoms with Crippen molar-refractivity contribution in [2.24, 2.45) is 0 Å². The summed E-state index contributed by atoms with van der Waals surface area (Å²) in [6, 6.07) is 0. The molecule has 146 valence electrons. The molecule has 1 aliphatic rings. The summed E-state index contributed by atoms with van der Waals surface area (Å²) in [6.07, 6.45) is 1.82. The fourth-order valence-corrected chi connectivity index (χ4v) is 2.93. The zero-order chi connectivity index (χ0) is 19.8. The van der Waals surface area contributed by atoms with Gasteiger partial charge in [0, 0.05) is 7.05 Å². The number of ether oxygens (including phenoxy) is 2. The molecule has 12 heteroatoms. The third-order valence-electron chi connectivity index (χ3n) is 4.40. The Bertz CT molecular complexity index is 873. The number of aromatic nitrogens is 4. The van der Waals surface area contributed by atoms with Crippen LogP contribution in [0.3, 0.4) is 0 Å². The summed E-state index contributed by atoms with van der Waals surface area (Å²) >= 11 is 5.95. The fourth-order valence-electron chi connectivity index (χ4n) is 2.76. The predicted octanol–water partition coefficient (Wildman–Crippen LogP) is 1.14. The average Bonchev–Trinajstić information content (AvgIpc) is 3.24. The van der Waals surface area contributed by atoms with Gasteiger partial charge in [-0.2, -0.15) is 9.97 Å². The molecule has 0 radical (unpaired) electrons. The third-order valence-corrected chi connectivity index (χ3v) is 4.57. The van der Waals surface area contributed by atoms with Crippen molar-refractivity contribution in [3.05, 3.63) is 11.6 Å². The van der Waals surface area contributed by atoms with Crippen molar-refractivity contribution in [2.75, 3.05) is 19.0 Å². The summed E-state index contributed by atoms with van der Waals surface area (Å²) in [5.41, 5.74) is -1.30. The molecular formula is C15H18ClN5O6. The molecular weight excluding hydrogens is 382 g/mol. The second-order valence-corrected chi connectivity index (χ2v) is 6.50. The summed E-state index contributed by atoms with van der Waals surface area (Å²) in [4.78, 5) is 34.9.